The fraction of sp³-hybridized carbons (Fsp3) is 0.538. The number of hydrogen-bond acceptors (Lipinski definition) is 5. The predicted molar refractivity (Wildman–Crippen MR) is 71.5 cm³/mol. The third-order valence-corrected chi connectivity index (χ3v) is 3.26. The zero-order valence-electron chi connectivity index (χ0n) is 10.8. The van der Waals surface area contributed by atoms with E-state index in [2.05, 4.69) is 27.1 Å². The van der Waals surface area contributed by atoms with Crippen LogP contribution in [0.15, 0.2) is 18.3 Å². The maximum Gasteiger partial charge on any atom is 0.140 e. The zero-order valence-corrected chi connectivity index (χ0v) is 10.8. The van der Waals surface area contributed by atoms with Crippen molar-refractivity contribution in [1.82, 2.24) is 15.2 Å². The third-order valence-electron chi connectivity index (χ3n) is 3.26. The highest BCUT2D eigenvalue weighted by Crippen LogP contribution is 2.10. The molecule has 0 amide bonds. The Labute approximate surface area is 108 Å². The molecule has 0 atom stereocenters. The van der Waals surface area contributed by atoms with Crippen LogP contribution in [-0.4, -0.2) is 56.2 Å². The molecular formula is C13H19N5. The number of likely N-dealkylation sites (N-methyl/N-ethyl adjacent to an activating group) is 1. The first kappa shape index (κ1) is 12.8. The summed E-state index contributed by atoms with van der Waals surface area (Å²) < 4.78 is 0. The molecule has 5 nitrogen and oxygen atoms in total. The molecule has 2 heterocycles. The summed E-state index contributed by atoms with van der Waals surface area (Å²) >= 11 is 0. The van der Waals surface area contributed by atoms with E-state index < -0.39 is 0 Å². The van der Waals surface area contributed by atoms with Crippen LogP contribution in [0.5, 0.6) is 0 Å². The first-order valence-electron chi connectivity index (χ1n) is 6.30. The van der Waals surface area contributed by atoms with Crippen molar-refractivity contribution in [2.24, 2.45) is 0 Å². The minimum absolute atomic E-state index is 0.467. The summed E-state index contributed by atoms with van der Waals surface area (Å²) in [5.41, 5.74) is 1.53. The maximum atomic E-state index is 8.70. The van der Waals surface area contributed by atoms with Crippen LogP contribution in [0.4, 0.5) is 5.69 Å². The summed E-state index contributed by atoms with van der Waals surface area (Å²) in [6, 6.07) is 5.74. The van der Waals surface area contributed by atoms with Crippen molar-refractivity contribution in [2.75, 3.05) is 51.2 Å². The largest absolute Gasteiger partial charge is 0.372 e. The van der Waals surface area contributed by atoms with Crippen LogP contribution < -0.4 is 10.2 Å². The predicted octanol–water partition coefficient (Wildman–Crippen LogP) is 0.295. The summed E-state index contributed by atoms with van der Waals surface area (Å²) in [5, 5.41) is 12.1. The number of nitrogens with one attached hydrogen (secondary N) is 1. The van der Waals surface area contributed by atoms with E-state index in [-0.39, 0.29) is 0 Å². The Kier molecular flexibility index (Phi) is 4.51. The van der Waals surface area contributed by atoms with Crippen molar-refractivity contribution < 1.29 is 0 Å². The topological polar surface area (TPSA) is 55.2 Å². The minimum atomic E-state index is 0.467. The molecule has 1 aliphatic rings. The lowest BCUT2D eigenvalue weighted by Gasteiger charge is -2.29. The number of anilines is 1. The highest BCUT2D eigenvalue weighted by atomic mass is 15.2. The standard InChI is InChI=1S/C13H19N5/c1-17(8-9-18-6-4-15-5-7-18)13-3-2-12(10-14)16-11-13/h2-3,11,15H,4-9H2,1H3. The van der Waals surface area contributed by atoms with Crippen molar-refractivity contribution in [3.63, 3.8) is 0 Å². The van der Waals surface area contributed by atoms with Crippen LogP contribution in [0.3, 0.4) is 0 Å². The molecule has 0 radical (unpaired) electrons. The van der Waals surface area contributed by atoms with Gasteiger partial charge in [0.1, 0.15) is 11.8 Å². The van der Waals surface area contributed by atoms with E-state index in [1.807, 2.05) is 12.1 Å². The zero-order chi connectivity index (χ0) is 12.8. The number of rotatable bonds is 4. The van der Waals surface area contributed by atoms with E-state index in [4.69, 9.17) is 5.26 Å². The van der Waals surface area contributed by atoms with Gasteiger partial charge in [0.05, 0.1) is 11.9 Å². The van der Waals surface area contributed by atoms with E-state index in [1.165, 1.54) is 0 Å². The quantitative estimate of drug-likeness (QED) is 0.826. The first-order chi connectivity index (χ1) is 8.79. The first-order valence-corrected chi connectivity index (χ1v) is 6.30. The number of pyridine rings is 1. The Hall–Kier alpha value is -1.64. The van der Waals surface area contributed by atoms with Gasteiger partial charge in [0.2, 0.25) is 0 Å². The number of hydrogen-bond donors (Lipinski definition) is 1. The molecule has 2 rings (SSSR count). The third kappa shape index (κ3) is 3.42. The molecule has 18 heavy (non-hydrogen) atoms. The highest BCUT2D eigenvalue weighted by molar-refractivity contribution is 5.44. The van der Waals surface area contributed by atoms with Gasteiger partial charge >= 0.3 is 0 Å². The van der Waals surface area contributed by atoms with Crippen molar-refractivity contribution >= 4 is 5.69 Å². The van der Waals surface area contributed by atoms with Crippen LogP contribution in [0.25, 0.3) is 0 Å². The van der Waals surface area contributed by atoms with Gasteiger partial charge in [-0.15, -0.1) is 0 Å². The van der Waals surface area contributed by atoms with Gasteiger partial charge < -0.3 is 10.2 Å². The highest BCUT2D eigenvalue weighted by Gasteiger charge is 2.10. The van der Waals surface area contributed by atoms with Crippen molar-refractivity contribution in [3.8, 4) is 6.07 Å². The van der Waals surface area contributed by atoms with Crippen molar-refractivity contribution in [2.45, 2.75) is 0 Å². The Morgan fingerprint density at radius 1 is 1.44 bits per heavy atom. The molecule has 0 aliphatic carbocycles. The number of piperazine rings is 1. The Morgan fingerprint density at radius 2 is 2.22 bits per heavy atom. The summed E-state index contributed by atoms with van der Waals surface area (Å²) in [6.07, 6.45) is 1.76. The van der Waals surface area contributed by atoms with Gasteiger partial charge in [-0.2, -0.15) is 5.26 Å². The van der Waals surface area contributed by atoms with Crippen LogP contribution in [-0.2, 0) is 0 Å². The molecule has 1 aliphatic heterocycles. The van der Waals surface area contributed by atoms with E-state index in [9.17, 15) is 0 Å². The maximum absolute atomic E-state index is 8.70. The smallest absolute Gasteiger partial charge is 0.140 e. The molecule has 96 valence electrons. The lowest BCUT2D eigenvalue weighted by atomic mass is 10.3. The van der Waals surface area contributed by atoms with Gasteiger partial charge in [-0.05, 0) is 12.1 Å². The van der Waals surface area contributed by atoms with E-state index in [1.54, 1.807) is 12.3 Å². The van der Waals surface area contributed by atoms with Gasteiger partial charge in [0, 0.05) is 46.3 Å². The summed E-state index contributed by atoms with van der Waals surface area (Å²) in [4.78, 5) is 8.73. The lowest BCUT2D eigenvalue weighted by Crippen LogP contribution is -2.46. The minimum Gasteiger partial charge on any atom is -0.372 e. The van der Waals surface area contributed by atoms with Crippen LogP contribution in [0.1, 0.15) is 5.69 Å². The molecule has 1 N–H and O–H groups in total. The average molecular weight is 245 g/mol. The Morgan fingerprint density at radius 3 is 2.83 bits per heavy atom. The fourth-order valence-electron chi connectivity index (χ4n) is 2.03. The molecule has 0 saturated carbocycles. The molecule has 0 bridgehead atoms. The van der Waals surface area contributed by atoms with Crippen molar-refractivity contribution in [1.29, 1.82) is 5.26 Å². The van der Waals surface area contributed by atoms with Gasteiger partial charge in [0.15, 0.2) is 0 Å². The van der Waals surface area contributed by atoms with Gasteiger partial charge in [-0.3, -0.25) is 4.90 Å². The van der Waals surface area contributed by atoms with Crippen LogP contribution in [0, 0.1) is 11.3 Å². The second-order valence-corrected chi connectivity index (χ2v) is 4.53. The van der Waals surface area contributed by atoms with Crippen LogP contribution >= 0.6 is 0 Å². The van der Waals surface area contributed by atoms with Gasteiger partial charge in [-0.25, -0.2) is 4.98 Å². The molecule has 5 heteroatoms. The summed E-state index contributed by atoms with van der Waals surface area (Å²) in [7, 11) is 2.06. The Bertz CT molecular complexity index is 402. The molecule has 0 aromatic carbocycles. The molecular weight excluding hydrogens is 226 g/mol. The second-order valence-electron chi connectivity index (χ2n) is 4.53. The van der Waals surface area contributed by atoms with Crippen LogP contribution in [0.2, 0.25) is 0 Å². The number of nitriles is 1. The summed E-state index contributed by atoms with van der Waals surface area (Å²) in [5.74, 6) is 0. The van der Waals surface area contributed by atoms with Crippen molar-refractivity contribution in [3.05, 3.63) is 24.0 Å². The summed E-state index contributed by atoms with van der Waals surface area (Å²) in [6.45, 7) is 6.47. The average Bonchev–Trinajstić information content (AvgIpc) is 2.46. The molecule has 1 aromatic heterocycles. The molecule has 1 fully saturated rings. The number of nitrogens with zero attached hydrogens (tertiary/aromatic N) is 4. The lowest BCUT2D eigenvalue weighted by molar-refractivity contribution is 0.246. The van der Waals surface area contributed by atoms with E-state index >= 15 is 0 Å². The molecule has 0 unspecified atom stereocenters. The van der Waals surface area contributed by atoms with E-state index in [0.717, 1.165) is 45.0 Å². The monoisotopic (exact) mass is 245 g/mol. The molecule has 1 saturated heterocycles. The Balaban J connectivity index is 1.83. The van der Waals surface area contributed by atoms with Gasteiger partial charge in [-0.1, -0.05) is 0 Å². The SMILES string of the molecule is CN(CCN1CCNCC1)c1ccc(C#N)nc1. The second kappa shape index (κ2) is 6.34. The normalized spacial score (nSPS) is 16.2. The number of aromatic nitrogens is 1. The molecule has 1 aromatic rings. The molecule has 0 spiro atoms. The van der Waals surface area contributed by atoms with E-state index in [0.29, 0.717) is 5.69 Å². The van der Waals surface area contributed by atoms with Gasteiger partial charge in [0.25, 0.3) is 0 Å². The fourth-order valence-corrected chi connectivity index (χ4v) is 2.03.